The molecule has 0 spiro atoms. The number of amides is 4. The predicted molar refractivity (Wildman–Crippen MR) is 100 cm³/mol. The van der Waals surface area contributed by atoms with E-state index in [4.69, 9.17) is 0 Å². The van der Waals surface area contributed by atoms with Gasteiger partial charge in [0.25, 0.3) is 5.91 Å². The van der Waals surface area contributed by atoms with Gasteiger partial charge in [-0.05, 0) is 29.8 Å². The molecule has 0 radical (unpaired) electrons. The maximum Gasteiger partial charge on any atom is 0.324 e. The molecule has 1 aliphatic heterocycles. The molecule has 2 heterocycles. The van der Waals surface area contributed by atoms with E-state index in [1.165, 1.54) is 6.33 Å². The third kappa shape index (κ3) is 3.58. The SMILES string of the molecule is O=C(Nc1cccc(-c2ncn[nH]2)c1)c1cccc(CN2C(=O)CNC2=O)c1. The van der Waals surface area contributed by atoms with Crippen LogP contribution in [0.5, 0.6) is 0 Å². The molecule has 0 atom stereocenters. The van der Waals surface area contributed by atoms with Gasteiger partial charge < -0.3 is 10.6 Å². The molecule has 1 aliphatic rings. The molecule has 2 aromatic carbocycles. The highest BCUT2D eigenvalue weighted by Gasteiger charge is 2.28. The number of hydrogen-bond donors (Lipinski definition) is 3. The topological polar surface area (TPSA) is 120 Å². The first-order valence-electron chi connectivity index (χ1n) is 8.54. The normalized spacial score (nSPS) is 13.5. The summed E-state index contributed by atoms with van der Waals surface area (Å²) in [6, 6.07) is 13.6. The molecule has 1 aromatic heterocycles. The zero-order valence-corrected chi connectivity index (χ0v) is 14.7. The van der Waals surface area contributed by atoms with Crippen molar-refractivity contribution in [2.75, 3.05) is 11.9 Å². The van der Waals surface area contributed by atoms with Gasteiger partial charge in [-0.15, -0.1) is 0 Å². The Morgan fingerprint density at radius 1 is 1.14 bits per heavy atom. The molecular formula is C19H16N6O3. The Morgan fingerprint density at radius 2 is 2.00 bits per heavy atom. The van der Waals surface area contributed by atoms with Crippen LogP contribution in [-0.4, -0.2) is 44.5 Å². The summed E-state index contributed by atoms with van der Waals surface area (Å²) in [6.07, 6.45) is 1.41. The van der Waals surface area contributed by atoms with Crippen LogP contribution in [0.4, 0.5) is 10.5 Å². The summed E-state index contributed by atoms with van der Waals surface area (Å²) in [5, 5.41) is 11.9. The first kappa shape index (κ1) is 17.4. The molecular weight excluding hydrogens is 360 g/mol. The molecule has 1 fully saturated rings. The fraction of sp³-hybridized carbons (Fsp3) is 0.105. The van der Waals surface area contributed by atoms with Crippen LogP contribution in [0.2, 0.25) is 0 Å². The van der Waals surface area contributed by atoms with Gasteiger partial charge in [0.05, 0.1) is 13.1 Å². The van der Waals surface area contributed by atoms with Crippen molar-refractivity contribution in [3.8, 4) is 11.4 Å². The minimum Gasteiger partial charge on any atom is -0.329 e. The lowest BCUT2D eigenvalue weighted by Gasteiger charge is -2.13. The van der Waals surface area contributed by atoms with E-state index >= 15 is 0 Å². The third-order valence-corrected chi connectivity index (χ3v) is 4.28. The van der Waals surface area contributed by atoms with E-state index < -0.39 is 6.03 Å². The van der Waals surface area contributed by atoms with Gasteiger partial charge >= 0.3 is 6.03 Å². The summed E-state index contributed by atoms with van der Waals surface area (Å²) < 4.78 is 0. The number of anilines is 1. The highest BCUT2D eigenvalue weighted by Crippen LogP contribution is 2.19. The number of aromatic amines is 1. The van der Waals surface area contributed by atoms with Gasteiger partial charge in [-0.1, -0.05) is 24.3 Å². The summed E-state index contributed by atoms with van der Waals surface area (Å²) in [6.45, 7) is 0.118. The van der Waals surface area contributed by atoms with Crippen molar-refractivity contribution in [1.29, 1.82) is 0 Å². The fourth-order valence-corrected chi connectivity index (χ4v) is 2.90. The molecule has 0 saturated carbocycles. The third-order valence-electron chi connectivity index (χ3n) is 4.28. The molecule has 28 heavy (non-hydrogen) atoms. The second-order valence-electron chi connectivity index (χ2n) is 6.21. The zero-order valence-electron chi connectivity index (χ0n) is 14.7. The maximum atomic E-state index is 12.6. The summed E-state index contributed by atoms with van der Waals surface area (Å²) in [7, 11) is 0. The summed E-state index contributed by atoms with van der Waals surface area (Å²) in [4.78, 5) is 41.3. The molecule has 9 nitrogen and oxygen atoms in total. The fourth-order valence-electron chi connectivity index (χ4n) is 2.90. The number of H-pyrrole nitrogens is 1. The molecule has 3 aromatic rings. The smallest absolute Gasteiger partial charge is 0.324 e. The number of imide groups is 1. The average molecular weight is 376 g/mol. The van der Waals surface area contributed by atoms with Gasteiger partial charge in [-0.3, -0.25) is 19.6 Å². The van der Waals surface area contributed by atoms with Crippen LogP contribution in [0.15, 0.2) is 54.9 Å². The molecule has 0 aliphatic carbocycles. The van der Waals surface area contributed by atoms with Crippen molar-refractivity contribution >= 4 is 23.5 Å². The van der Waals surface area contributed by atoms with Crippen molar-refractivity contribution in [2.24, 2.45) is 0 Å². The van der Waals surface area contributed by atoms with E-state index in [1.54, 1.807) is 36.4 Å². The van der Waals surface area contributed by atoms with Gasteiger partial charge in [0.15, 0.2) is 5.82 Å². The van der Waals surface area contributed by atoms with Crippen molar-refractivity contribution in [2.45, 2.75) is 6.54 Å². The minimum absolute atomic E-state index is 0.000535. The van der Waals surface area contributed by atoms with Crippen LogP contribution in [0, 0.1) is 0 Å². The van der Waals surface area contributed by atoms with Crippen molar-refractivity contribution in [3.05, 3.63) is 66.0 Å². The molecule has 4 amide bonds. The van der Waals surface area contributed by atoms with Gasteiger partial charge in [0.1, 0.15) is 6.33 Å². The monoisotopic (exact) mass is 376 g/mol. The number of urea groups is 1. The lowest BCUT2D eigenvalue weighted by Crippen LogP contribution is -2.30. The van der Waals surface area contributed by atoms with Gasteiger partial charge in [0.2, 0.25) is 5.91 Å². The van der Waals surface area contributed by atoms with Crippen LogP contribution >= 0.6 is 0 Å². The number of rotatable bonds is 5. The largest absolute Gasteiger partial charge is 0.329 e. The average Bonchev–Trinajstić information content (AvgIpc) is 3.35. The Labute approximate surface area is 159 Å². The van der Waals surface area contributed by atoms with E-state index in [9.17, 15) is 14.4 Å². The second kappa shape index (κ2) is 7.31. The molecule has 9 heteroatoms. The van der Waals surface area contributed by atoms with Crippen LogP contribution in [0.25, 0.3) is 11.4 Å². The molecule has 1 saturated heterocycles. The number of nitrogens with zero attached hydrogens (tertiary/aromatic N) is 3. The first-order chi connectivity index (χ1) is 13.6. The summed E-state index contributed by atoms with van der Waals surface area (Å²) in [5.74, 6) is 0.0181. The Balaban J connectivity index is 1.49. The number of carbonyl (C=O) groups excluding carboxylic acids is 3. The molecule has 3 N–H and O–H groups in total. The number of nitrogens with one attached hydrogen (secondary N) is 3. The van der Waals surface area contributed by atoms with Gasteiger partial charge in [0, 0.05) is 16.8 Å². The van der Waals surface area contributed by atoms with E-state index in [0.29, 0.717) is 22.6 Å². The molecule has 0 unspecified atom stereocenters. The van der Waals surface area contributed by atoms with Crippen LogP contribution in [-0.2, 0) is 11.3 Å². The Bertz CT molecular complexity index is 1030. The predicted octanol–water partition coefficient (Wildman–Crippen LogP) is 1.78. The van der Waals surface area contributed by atoms with E-state index in [2.05, 4.69) is 25.8 Å². The van der Waals surface area contributed by atoms with Gasteiger partial charge in [-0.2, -0.15) is 5.10 Å². The highest BCUT2D eigenvalue weighted by atomic mass is 16.2. The molecule has 140 valence electrons. The number of carbonyl (C=O) groups is 3. The molecule has 0 bridgehead atoms. The molecule has 4 rings (SSSR count). The maximum absolute atomic E-state index is 12.6. The van der Waals surface area contributed by atoms with E-state index in [-0.39, 0.29) is 24.9 Å². The lowest BCUT2D eigenvalue weighted by atomic mass is 10.1. The lowest BCUT2D eigenvalue weighted by molar-refractivity contribution is -0.125. The summed E-state index contributed by atoms with van der Waals surface area (Å²) in [5.41, 5.74) is 2.52. The highest BCUT2D eigenvalue weighted by molar-refractivity contribution is 6.05. The quantitative estimate of drug-likeness (QED) is 0.586. The Morgan fingerprint density at radius 3 is 2.75 bits per heavy atom. The standard InChI is InChI=1S/C19H16N6O3/c26-16-9-20-19(28)25(16)10-12-3-1-5-14(7-12)18(27)23-15-6-2-4-13(8-15)17-21-11-22-24-17/h1-8,11H,9-10H2,(H,20,28)(H,23,27)(H,21,22,24). The second-order valence-corrected chi connectivity index (χ2v) is 6.21. The summed E-state index contributed by atoms with van der Waals surface area (Å²) >= 11 is 0. The van der Waals surface area contributed by atoms with E-state index in [0.717, 1.165) is 10.5 Å². The van der Waals surface area contributed by atoms with Crippen LogP contribution in [0.3, 0.4) is 0 Å². The van der Waals surface area contributed by atoms with Crippen molar-refractivity contribution in [3.63, 3.8) is 0 Å². The Kier molecular flexibility index (Phi) is 4.55. The van der Waals surface area contributed by atoms with Crippen LogP contribution < -0.4 is 10.6 Å². The Hall–Kier alpha value is -4.01. The number of benzene rings is 2. The number of hydrogen-bond acceptors (Lipinski definition) is 5. The minimum atomic E-state index is -0.427. The van der Waals surface area contributed by atoms with Crippen molar-refractivity contribution < 1.29 is 14.4 Å². The number of aromatic nitrogens is 3. The zero-order chi connectivity index (χ0) is 19.5. The first-order valence-corrected chi connectivity index (χ1v) is 8.54. The van der Waals surface area contributed by atoms with E-state index in [1.807, 2.05) is 12.1 Å². The van der Waals surface area contributed by atoms with Crippen molar-refractivity contribution in [1.82, 2.24) is 25.4 Å². The van der Waals surface area contributed by atoms with Gasteiger partial charge in [-0.25, -0.2) is 9.78 Å². The van der Waals surface area contributed by atoms with Crippen LogP contribution in [0.1, 0.15) is 15.9 Å².